The first-order chi connectivity index (χ1) is 11.2. The van der Waals surface area contributed by atoms with Crippen LogP contribution in [-0.4, -0.2) is 42.3 Å². The molecule has 0 saturated carbocycles. The minimum atomic E-state index is 0.994. The number of nitrogens with zero attached hydrogens (tertiary/aromatic N) is 3. The van der Waals surface area contributed by atoms with Gasteiger partial charge in [0.25, 0.3) is 0 Å². The molecule has 1 fully saturated rings. The third-order valence-electron chi connectivity index (χ3n) is 4.32. The van der Waals surface area contributed by atoms with Gasteiger partial charge < -0.3 is 0 Å². The van der Waals surface area contributed by atoms with Crippen LogP contribution in [0.5, 0.6) is 0 Å². The van der Waals surface area contributed by atoms with Crippen molar-refractivity contribution in [3.8, 4) is 0 Å². The Hall–Kier alpha value is -2.13. The second-order valence-electron chi connectivity index (χ2n) is 6.37. The van der Waals surface area contributed by atoms with Crippen LogP contribution in [0.2, 0.25) is 0 Å². The van der Waals surface area contributed by atoms with Crippen LogP contribution in [0.1, 0.15) is 22.3 Å². The number of aryl methyl sites for hydroxylation is 2. The molecule has 3 heteroatoms. The van der Waals surface area contributed by atoms with E-state index < -0.39 is 0 Å². The lowest BCUT2D eigenvalue weighted by atomic mass is 10.1. The van der Waals surface area contributed by atoms with Crippen molar-refractivity contribution in [2.24, 2.45) is 5.10 Å². The second-order valence-corrected chi connectivity index (χ2v) is 6.37. The van der Waals surface area contributed by atoms with Crippen molar-refractivity contribution in [2.75, 3.05) is 26.2 Å². The standard InChI is InChI=1S/C20H25N3/c1-17-3-7-19(8-4-17)15-21-23-13-11-22(12-14-23)16-20-9-5-18(2)6-10-20/h3-10,15H,11-14,16H2,1-2H3/b21-15+. The number of rotatable bonds is 4. The molecule has 2 aromatic carbocycles. The Morgan fingerprint density at radius 1 is 0.826 bits per heavy atom. The van der Waals surface area contributed by atoms with Gasteiger partial charge >= 0.3 is 0 Å². The SMILES string of the molecule is Cc1ccc(/C=N/N2CCN(Cc3ccc(C)cc3)CC2)cc1. The summed E-state index contributed by atoms with van der Waals surface area (Å²) in [6.07, 6.45) is 1.97. The minimum Gasteiger partial charge on any atom is -0.295 e. The maximum Gasteiger partial charge on any atom is 0.0542 e. The highest BCUT2D eigenvalue weighted by Gasteiger charge is 2.15. The fraction of sp³-hybridized carbons (Fsp3) is 0.350. The van der Waals surface area contributed by atoms with Crippen molar-refractivity contribution in [1.29, 1.82) is 0 Å². The molecule has 0 N–H and O–H groups in total. The van der Waals surface area contributed by atoms with Gasteiger partial charge in [0.05, 0.1) is 6.21 Å². The number of hydrazone groups is 1. The Morgan fingerprint density at radius 2 is 1.39 bits per heavy atom. The molecule has 0 aromatic heterocycles. The summed E-state index contributed by atoms with van der Waals surface area (Å²) < 4.78 is 0. The Bertz CT molecular complexity index is 636. The first kappa shape index (κ1) is 15.8. The van der Waals surface area contributed by atoms with Crippen molar-refractivity contribution in [3.63, 3.8) is 0 Å². The summed E-state index contributed by atoms with van der Waals surface area (Å²) in [7, 11) is 0. The van der Waals surface area contributed by atoms with E-state index in [1.54, 1.807) is 0 Å². The highest BCUT2D eigenvalue weighted by molar-refractivity contribution is 5.79. The van der Waals surface area contributed by atoms with Crippen molar-refractivity contribution < 1.29 is 0 Å². The highest BCUT2D eigenvalue weighted by atomic mass is 15.5. The summed E-state index contributed by atoms with van der Waals surface area (Å²) in [5.41, 5.74) is 5.17. The maximum absolute atomic E-state index is 4.62. The van der Waals surface area contributed by atoms with Gasteiger partial charge in [-0.1, -0.05) is 59.7 Å². The van der Waals surface area contributed by atoms with Crippen LogP contribution < -0.4 is 0 Å². The topological polar surface area (TPSA) is 18.8 Å². The van der Waals surface area contributed by atoms with Crippen LogP contribution in [0.4, 0.5) is 0 Å². The molecule has 0 atom stereocenters. The molecule has 120 valence electrons. The molecular formula is C20H25N3. The van der Waals surface area contributed by atoms with Crippen LogP contribution in [0, 0.1) is 13.8 Å². The van der Waals surface area contributed by atoms with E-state index in [4.69, 9.17) is 0 Å². The third-order valence-corrected chi connectivity index (χ3v) is 4.32. The van der Waals surface area contributed by atoms with E-state index in [0.29, 0.717) is 0 Å². The number of hydrogen-bond donors (Lipinski definition) is 0. The molecule has 0 amide bonds. The molecule has 0 aliphatic carbocycles. The molecule has 3 rings (SSSR count). The smallest absolute Gasteiger partial charge is 0.0542 e. The zero-order valence-corrected chi connectivity index (χ0v) is 14.1. The molecule has 3 nitrogen and oxygen atoms in total. The molecule has 23 heavy (non-hydrogen) atoms. The Kier molecular flexibility index (Phi) is 5.09. The lowest BCUT2D eigenvalue weighted by molar-refractivity contribution is 0.131. The largest absolute Gasteiger partial charge is 0.295 e. The quantitative estimate of drug-likeness (QED) is 0.806. The van der Waals surface area contributed by atoms with E-state index in [9.17, 15) is 0 Å². The van der Waals surface area contributed by atoms with Crippen LogP contribution in [0.15, 0.2) is 53.6 Å². The summed E-state index contributed by atoms with van der Waals surface area (Å²) in [4.78, 5) is 2.50. The van der Waals surface area contributed by atoms with E-state index in [1.807, 2.05) is 6.21 Å². The molecule has 2 aromatic rings. The van der Waals surface area contributed by atoms with E-state index in [0.717, 1.165) is 38.3 Å². The van der Waals surface area contributed by atoms with Gasteiger partial charge in [-0.25, -0.2) is 0 Å². The van der Waals surface area contributed by atoms with Crippen LogP contribution in [0.3, 0.4) is 0 Å². The monoisotopic (exact) mass is 307 g/mol. The Balaban J connectivity index is 1.48. The van der Waals surface area contributed by atoms with Crippen molar-refractivity contribution in [3.05, 3.63) is 70.8 Å². The first-order valence-electron chi connectivity index (χ1n) is 8.32. The normalized spacial score (nSPS) is 16.2. The van der Waals surface area contributed by atoms with Crippen LogP contribution >= 0.6 is 0 Å². The minimum absolute atomic E-state index is 0.994. The fourth-order valence-corrected chi connectivity index (χ4v) is 2.76. The summed E-state index contributed by atoms with van der Waals surface area (Å²) in [6, 6.07) is 17.3. The first-order valence-corrected chi connectivity index (χ1v) is 8.32. The lowest BCUT2D eigenvalue weighted by Crippen LogP contribution is -2.43. The fourth-order valence-electron chi connectivity index (χ4n) is 2.76. The molecule has 1 heterocycles. The van der Waals surface area contributed by atoms with E-state index in [2.05, 4.69) is 77.4 Å². The van der Waals surface area contributed by atoms with Crippen LogP contribution in [-0.2, 0) is 6.54 Å². The number of piperazine rings is 1. The van der Waals surface area contributed by atoms with Gasteiger partial charge in [-0.3, -0.25) is 9.91 Å². The van der Waals surface area contributed by atoms with Crippen molar-refractivity contribution >= 4 is 6.21 Å². The van der Waals surface area contributed by atoms with E-state index in [-0.39, 0.29) is 0 Å². The molecule has 0 bridgehead atoms. The zero-order chi connectivity index (χ0) is 16.1. The predicted octanol–water partition coefficient (Wildman–Crippen LogP) is 3.46. The van der Waals surface area contributed by atoms with Crippen molar-refractivity contribution in [2.45, 2.75) is 20.4 Å². The van der Waals surface area contributed by atoms with Gasteiger partial charge in [0.1, 0.15) is 0 Å². The molecule has 1 saturated heterocycles. The van der Waals surface area contributed by atoms with Gasteiger partial charge in [-0.05, 0) is 25.0 Å². The summed E-state index contributed by atoms with van der Waals surface area (Å²) in [6.45, 7) is 9.40. The number of benzene rings is 2. The molecule has 0 unspecified atom stereocenters. The average Bonchev–Trinajstić information content (AvgIpc) is 2.58. The second kappa shape index (κ2) is 7.42. The summed E-state index contributed by atoms with van der Waals surface area (Å²) >= 11 is 0. The summed E-state index contributed by atoms with van der Waals surface area (Å²) in [5, 5.41) is 6.79. The molecular weight excluding hydrogens is 282 g/mol. The van der Waals surface area contributed by atoms with Gasteiger partial charge in [-0.15, -0.1) is 0 Å². The van der Waals surface area contributed by atoms with Crippen LogP contribution in [0.25, 0.3) is 0 Å². The van der Waals surface area contributed by atoms with E-state index >= 15 is 0 Å². The highest BCUT2D eigenvalue weighted by Crippen LogP contribution is 2.10. The van der Waals surface area contributed by atoms with Gasteiger partial charge in [0.15, 0.2) is 0 Å². The Morgan fingerprint density at radius 3 is 2.00 bits per heavy atom. The van der Waals surface area contributed by atoms with E-state index in [1.165, 1.54) is 16.7 Å². The maximum atomic E-state index is 4.62. The zero-order valence-electron chi connectivity index (χ0n) is 14.1. The summed E-state index contributed by atoms with van der Waals surface area (Å²) in [5.74, 6) is 0. The van der Waals surface area contributed by atoms with Gasteiger partial charge in [0.2, 0.25) is 0 Å². The van der Waals surface area contributed by atoms with Gasteiger partial charge in [0, 0.05) is 32.7 Å². The average molecular weight is 307 g/mol. The molecule has 1 aliphatic rings. The third kappa shape index (κ3) is 4.67. The molecule has 0 radical (unpaired) electrons. The predicted molar refractivity (Wildman–Crippen MR) is 96.8 cm³/mol. The van der Waals surface area contributed by atoms with Crippen molar-refractivity contribution in [1.82, 2.24) is 9.91 Å². The van der Waals surface area contributed by atoms with Gasteiger partial charge in [-0.2, -0.15) is 5.10 Å². The number of hydrogen-bond acceptors (Lipinski definition) is 3. The molecule has 0 spiro atoms. The molecule has 1 aliphatic heterocycles. The lowest BCUT2D eigenvalue weighted by Gasteiger charge is -2.33. The Labute approximate surface area is 139 Å².